The highest BCUT2D eigenvalue weighted by Gasteiger charge is 2.30. The lowest BCUT2D eigenvalue weighted by Gasteiger charge is -2.41. The van der Waals surface area contributed by atoms with E-state index in [4.69, 9.17) is 0 Å². The fraction of sp³-hybridized carbons (Fsp3) is 0.296. The minimum absolute atomic E-state index is 0.0360. The molecule has 1 aliphatic heterocycles. The van der Waals surface area contributed by atoms with E-state index in [1.165, 1.54) is 12.1 Å². The second kappa shape index (κ2) is 9.82. The predicted molar refractivity (Wildman–Crippen MR) is 142 cm³/mol. The third kappa shape index (κ3) is 4.45. The van der Waals surface area contributed by atoms with Crippen LogP contribution in [-0.4, -0.2) is 71.7 Å². The monoisotopic (exact) mass is 513 g/mol. The first kappa shape index (κ1) is 24.0. The standard InChI is InChI=1S/C27H28FN9O/c1-18(19-3-5-23(28)6-4-19)21-10-29-27(30-11-21)36-8-7-35(15-24(36)16-38)26-25-9-20(14-37(25)33-17-31-26)22-12-32-34(2)13-22/h3-6,9-14,17-18,24,38H,7-8,15-16H2,1-2H3/t18-,24+/m1/s1. The number of piperazine rings is 1. The Morgan fingerprint density at radius 1 is 0.974 bits per heavy atom. The Bertz CT molecular complexity index is 1550. The Kier molecular flexibility index (Phi) is 6.20. The van der Waals surface area contributed by atoms with Gasteiger partial charge in [-0.2, -0.15) is 10.2 Å². The molecule has 1 N–H and O–H groups in total. The molecule has 1 aromatic carbocycles. The summed E-state index contributed by atoms with van der Waals surface area (Å²) in [6.07, 6.45) is 10.9. The van der Waals surface area contributed by atoms with Gasteiger partial charge in [-0.3, -0.25) is 4.68 Å². The molecule has 0 unspecified atom stereocenters. The third-order valence-corrected chi connectivity index (χ3v) is 7.20. The molecule has 0 aliphatic carbocycles. The van der Waals surface area contributed by atoms with Crippen LogP contribution in [0.3, 0.4) is 0 Å². The first-order valence-corrected chi connectivity index (χ1v) is 12.5. The Morgan fingerprint density at radius 3 is 2.47 bits per heavy atom. The van der Waals surface area contributed by atoms with Gasteiger partial charge in [-0.1, -0.05) is 19.1 Å². The minimum atomic E-state index is -0.254. The molecule has 1 fully saturated rings. The van der Waals surface area contributed by atoms with Crippen LogP contribution in [0.4, 0.5) is 16.2 Å². The molecule has 6 rings (SSSR count). The first-order chi connectivity index (χ1) is 18.5. The van der Waals surface area contributed by atoms with Gasteiger partial charge in [0, 0.05) is 68.5 Å². The lowest BCUT2D eigenvalue weighted by Crippen LogP contribution is -2.55. The summed E-state index contributed by atoms with van der Waals surface area (Å²) >= 11 is 0. The Labute approximate surface area is 219 Å². The van der Waals surface area contributed by atoms with Crippen molar-refractivity contribution in [2.24, 2.45) is 7.05 Å². The van der Waals surface area contributed by atoms with Crippen molar-refractivity contribution in [1.82, 2.24) is 34.3 Å². The van der Waals surface area contributed by atoms with E-state index in [1.54, 1.807) is 23.1 Å². The second-order valence-electron chi connectivity index (χ2n) is 9.61. The van der Waals surface area contributed by atoms with Crippen molar-refractivity contribution < 1.29 is 9.50 Å². The van der Waals surface area contributed by atoms with Crippen LogP contribution >= 0.6 is 0 Å². The highest BCUT2D eigenvalue weighted by Crippen LogP contribution is 2.29. The summed E-state index contributed by atoms with van der Waals surface area (Å²) in [5, 5.41) is 18.9. The maximum absolute atomic E-state index is 13.3. The molecule has 1 saturated heterocycles. The number of halogens is 1. The van der Waals surface area contributed by atoms with Crippen LogP contribution in [-0.2, 0) is 7.05 Å². The number of hydrogen-bond donors (Lipinski definition) is 1. The van der Waals surface area contributed by atoms with Gasteiger partial charge in [0.15, 0.2) is 5.82 Å². The van der Waals surface area contributed by atoms with E-state index in [0.29, 0.717) is 25.6 Å². The van der Waals surface area contributed by atoms with Gasteiger partial charge in [0.1, 0.15) is 17.7 Å². The van der Waals surface area contributed by atoms with Crippen molar-refractivity contribution in [3.63, 3.8) is 0 Å². The van der Waals surface area contributed by atoms with Gasteiger partial charge in [0.25, 0.3) is 0 Å². The molecule has 5 heterocycles. The number of aromatic nitrogens is 7. The van der Waals surface area contributed by atoms with E-state index in [0.717, 1.165) is 33.6 Å². The average Bonchev–Trinajstić information content (AvgIpc) is 3.59. The van der Waals surface area contributed by atoms with Gasteiger partial charge in [-0.25, -0.2) is 23.9 Å². The van der Waals surface area contributed by atoms with Crippen molar-refractivity contribution in [2.75, 3.05) is 36.0 Å². The molecule has 0 spiro atoms. The minimum Gasteiger partial charge on any atom is -0.394 e. The largest absolute Gasteiger partial charge is 0.394 e. The summed E-state index contributed by atoms with van der Waals surface area (Å²) in [7, 11) is 1.89. The molecule has 0 saturated carbocycles. The van der Waals surface area contributed by atoms with Crippen molar-refractivity contribution >= 4 is 17.3 Å². The smallest absolute Gasteiger partial charge is 0.225 e. The van der Waals surface area contributed by atoms with Crippen LogP contribution in [0.2, 0.25) is 0 Å². The average molecular weight is 514 g/mol. The molecule has 1 aliphatic rings. The Balaban J connectivity index is 1.21. The molecule has 5 aromatic rings. The van der Waals surface area contributed by atoms with Crippen molar-refractivity contribution in [2.45, 2.75) is 18.9 Å². The number of aliphatic hydroxyl groups is 1. The molecule has 0 radical (unpaired) electrons. The summed E-state index contributed by atoms with van der Waals surface area (Å²) in [6, 6.07) is 8.35. The van der Waals surface area contributed by atoms with Crippen molar-refractivity contribution in [1.29, 1.82) is 0 Å². The summed E-state index contributed by atoms with van der Waals surface area (Å²) in [5.41, 5.74) is 4.86. The molecule has 11 heteroatoms. The van der Waals surface area contributed by atoms with Crippen molar-refractivity contribution in [3.05, 3.63) is 84.6 Å². The van der Waals surface area contributed by atoms with Gasteiger partial charge >= 0.3 is 0 Å². The van der Waals surface area contributed by atoms with Gasteiger partial charge < -0.3 is 14.9 Å². The highest BCUT2D eigenvalue weighted by molar-refractivity contribution is 5.77. The maximum Gasteiger partial charge on any atom is 0.225 e. The SMILES string of the molecule is C[C@H](c1ccc(F)cc1)c1cnc(N2CCN(c3ncnn4cc(-c5cnn(C)c5)cc34)C[C@H]2CO)nc1. The van der Waals surface area contributed by atoms with Gasteiger partial charge in [0.2, 0.25) is 5.95 Å². The van der Waals surface area contributed by atoms with E-state index in [1.807, 2.05) is 54.4 Å². The van der Waals surface area contributed by atoms with E-state index < -0.39 is 0 Å². The molecular weight excluding hydrogens is 485 g/mol. The Morgan fingerprint density at radius 2 is 1.76 bits per heavy atom. The first-order valence-electron chi connectivity index (χ1n) is 12.5. The summed E-state index contributed by atoms with van der Waals surface area (Å²) in [6.45, 7) is 3.88. The maximum atomic E-state index is 13.3. The molecule has 38 heavy (non-hydrogen) atoms. The number of rotatable bonds is 6. The summed E-state index contributed by atoms with van der Waals surface area (Å²) in [4.78, 5) is 18.1. The number of aryl methyl sites for hydroxylation is 1. The number of aliphatic hydroxyl groups excluding tert-OH is 1. The summed E-state index contributed by atoms with van der Waals surface area (Å²) < 4.78 is 16.9. The van der Waals surface area contributed by atoms with Gasteiger partial charge in [-0.05, 0) is 29.3 Å². The number of benzene rings is 1. The normalized spacial score (nSPS) is 16.8. The van der Waals surface area contributed by atoms with Crippen LogP contribution in [0.25, 0.3) is 16.6 Å². The molecule has 2 atom stereocenters. The molecule has 0 amide bonds. The third-order valence-electron chi connectivity index (χ3n) is 7.20. The molecule has 194 valence electrons. The van der Waals surface area contributed by atoms with Crippen LogP contribution < -0.4 is 9.80 Å². The zero-order valence-electron chi connectivity index (χ0n) is 21.2. The van der Waals surface area contributed by atoms with E-state index in [9.17, 15) is 9.50 Å². The zero-order valence-corrected chi connectivity index (χ0v) is 21.2. The van der Waals surface area contributed by atoms with Crippen LogP contribution in [0.15, 0.2) is 67.6 Å². The van der Waals surface area contributed by atoms with Crippen LogP contribution in [0, 0.1) is 5.82 Å². The summed E-state index contributed by atoms with van der Waals surface area (Å²) in [5.74, 6) is 1.18. The van der Waals surface area contributed by atoms with Crippen molar-refractivity contribution in [3.8, 4) is 11.1 Å². The fourth-order valence-electron chi connectivity index (χ4n) is 5.00. The molecule has 4 aromatic heterocycles. The fourth-order valence-corrected chi connectivity index (χ4v) is 5.00. The number of anilines is 2. The van der Waals surface area contributed by atoms with Gasteiger partial charge in [-0.15, -0.1) is 0 Å². The number of nitrogens with zero attached hydrogens (tertiary/aromatic N) is 9. The number of hydrogen-bond acceptors (Lipinski definition) is 8. The van der Waals surface area contributed by atoms with E-state index in [2.05, 4.69) is 36.1 Å². The topological polar surface area (TPSA) is 100 Å². The molecule has 0 bridgehead atoms. The quantitative estimate of drug-likeness (QED) is 0.370. The van der Waals surface area contributed by atoms with Crippen LogP contribution in [0.5, 0.6) is 0 Å². The lowest BCUT2D eigenvalue weighted by atomic mass is 9.95. The van der Waals surface area contributed by atoms with Crippen LogP contribution in [0.1, 0.15) is 24.0 Å². The zero-order chi connectivity index (χ0) is 26.2. The number of fused-ring (bicyclic) bond motifs is 1. The predicted octanol–water partition coefficient (Wildman–Crippen LogP) is 2.90. The lowest BCUT2D eigenvalue weighted by molar-refractivity contribution is 0.252. The second-order valence-corrected chi connectivity index (χ2v) is 9.61. The Hall–Kier alpha value is -4.38. The van der Waals surface area contributed by atoms with Gasteiger partial charge in [0.05, 0.1) is 18.8 Å². The molecular formula is C27H28FN9O. The molecule has 10 nitrogen and oxygen atoms in total. The van der Waals surface area contributed by atoms with E-state index >= 15 is 0 Å². The highest BCUT2D eigenvalue weighted by atomic mass is 19.1. The van der Waals surface area contributed by atoms with E-state index in [-0.39, 0.29) is 24.4 Å².